The molecule has 0 radical (unpaired) electrons. The summed E-state index contributed by atoms with van der Waals surface area (Å²) in [5, 5.41) is 21.3. The first-order valence-electron chi connectivity index (χ1n) is 9.90. The number of nitro groups is 1. The lowest BCUT2D eigenvalue weighted by atomic mass is 10.1. The molecule has 1 saturated heterocycles. The molecule has 170 valence electrons. The van der Waals surface area contributed by atoms with Gasteiger partial charge in [-0.3, -0.25) is 19.8 Å². The Morgan fingerprint density at radius 3 is 2.69 bits per heavy atom. The first-order chi connectivity index (χ1) is 15.3. The summed E-state index contributed by atoms with van der Waals surface area (Å²) >= 11 is 5.97. The summed E-state index contributed by atoms with van der Waals surface area (Å²) in [6.45, 7) is 1.74. The summed E-state index contributed by atoms with van der Waals surface area (Å²) in [6.07, 6.45) is 2.59. The molecular formula is C22H23ClFN3O5. The van der Waals surface area contributed by atoms with Gasteiger partial charge in [0.1, 0.15) is 11.6 Å². The van der Waals surface area contributed by atoms with E-state index >= 15 is 0 Å². The molecule has 1 heterocycles. The maximum absolute atomic E-state index is 13.1. The Kier molecular flexibility index (Phi) is 7.79. The van der Waals surface area contributed by atoms with Crippen LogP contribution in [-0.4, -0.2) is 65.1 Å². The molecule has 0 aromatic heterocycles. The van der Waals surface area contributed by atoms with Crippen molar-refractivity contribution in [3.63, 3.8) is 0 Å². The van der Waals surface area contributed by atoms with E-state index in [9.17, 15) is 24.4 Å². The summed E-state index contributed by atoms with van der Waals surface area (Å²) in [5.74, 6) is -0.413. The highest BCUT2D eigenvalue weighted by molar-refractivity contribution is 6.32. The topological polar surface area (TPSA) is 96.2 Å². The highest BCUT2D eigenvalue weighted by atomic mass is 35.5. The molecule has 1 atom stereocenters. The molecule has 3 rings (SSSR count). The Hall–Kier alpha value is -3.01. The van der Waals surface area contributed by atoms with E-state index in [4.69, 9.17) is 16.3 Å². The average molecular weight is 464 g/mol. The average Bonchev–Trinajstić information content (AvgIpc) is 2.79. The Bertz CT molecular complexity index is 1020. The van der Waals surface area contributed by atoms with Crippen molar-refractivity contribution in [2.75, 3.05) is 33.4 Å². The molecule has 1 fully saturated rings. The van der Waals surface area contributed by atoms with E-state index in [-0.39, 0.29) is 40.4 Å². The number of carbonyl (C=O) groups is 1. The Morgan fingerprint density at radius 2 is 2.06 bits per heavy atom. The van der Waals surface area contributed by atoms with Gasteiger partial charge < -0.3 is 14.7 Å². The minimum absolute atomic E-state index is 0.0975. The van der Waals surface area contributed by atoms with Gasteiger partial charge >= 0.3 is 0 Å². The summed E-state index contributed by atoms with van der Waals surface area (Å²) in [4.78, 5) is 27.2. The van der Waals surface area contributed by atoms with Crippen LogP contribution in [0, 0.1) is 15.9 Å². The van der Waals surface area contributed by atoms with Gasteiger partial charge in [0, 0.05) is 38.3 Å². The summed E-state index contributed by atoms with van der Waals surface area (Å²) in [6, 6.07) is 8.34. The van der Waals surface area contributed by atoms with Gasteiger partial charge in [0.05, 0.1) is 35.3 Å². The fourth-order valence-corrected chi connectivity index (χ4v) is 3.86. The number of methoxy groups -OCH3 is 1. The molecule has 1 N–H and O–H groups in total. The second kappa shape index (κ2) is 10.5. The molecule has 2 aromatic carbocycles. The quantitative estimate of drug-likeness (QED) is 0.385. The Labute approximate surface area is 189 Å². The number of rotatable bonds is 7. The number of amides is 1. The SMILES string of the molecule is COc1cc(C=CC(=O)N2CCN(Cc3ccc(F)cc3)C[C@H]2CO)c([N+](=O)[O-])cc1Cl. The normalized spacial score (nSPS) is 17.0. The van der Waals surface area contributed by atoms with Gasteiger partial charge in [-0.15, -0.1) is 0 Å². The van der Waals surface area contributed by atoms with Crippen molar-refractivity contribution < 1.29 is 24.0 Å². The van der Waals surface area contributed by atoms with Gasteiger partial charge in [-0.2, -0.15) is 0 Å². The van der Waals surface area contributed by atoms with Crippen molar-refractivity contribution in [1.29, 1.82) is 0 Å². The first kappa shape index (κ1) is 23.6. The maximum Gasteiger partial charge on any atom is 0.278 e. The summed E-state index contributed by atoms with van der Waals surface area (Å²) in [5.41, 5.74) is 0.870. The Morgan fingerprint density at radius 1 is 1.34 bits per heavy atom. The summed E-state index contributed by atoms with van der Waals surface area (Å²) in [7, 11) is 1.39. The highest BCUT2D eigenvalue weighted by Gasteiger charge is 2.29. The molecule has 1 aliphatic rings. The third kappa shape index (κ3) is 5.61. The number of benzene rings is 2. The molecule has 0 spiro atoms. The van der Waals surface area contributed by atoms with Crippen LogP contribution in [0.4, 0.5) is 10.1 Å². The minimum atomic E-state index is -0.583. The predicted octanol–water partition coefficient (Wildman–Crippen LogP) is 3.11. The monoisotopic (exact) mass is 463 g/mol. The van der Waals surface area contributed by atoms with Crippen LogP contribution >= 0.6 is 11.6 Å². The summed E-state index contributed by atoms with van der Waals surface area (Å²) < 4.78 is 18.2. The molecule has 1 amide bonds. The van der Waals surface area contributed by atoms with Crippen molar-refractivity contribution in [2.45, 2.75) is 12.6 Å². The highest BCUT2D eigenvalue weighted by Crippen LogP contribution is 2.33. The molecule has 10 heteroatoms. The van der Waals surface area contributed by atoms with Crippen LogP contribution < -0.4 is 4.74 Å². The minimum Gasteiger partial charge on any atom is -0.495 e. The van der Waals surface area contributed by atoms with E-state index in [1.54, 1.807) is 12.1 Å². The van der Waals surface area contributed by atoms with Crippen molar-refractivity contribution in [3.05, 3.63) is 74.6 Å². The number of hydrogen-bond acceptors (Lipinski definition) is 6. The van der Waals surface area contributed by atoms with E-state index in [2.05, 4.69) is 4.90 Å². The fourth-order valence-electron chi connectivity index (χ4n) is 3.62. The standard InChI is InChI=1S/C22H23ClFN3O5/c1-32-21-10-16(20(27(30)31)11-19(21)23)4-7-22(29)26-9-8-25(13-18(26)14-28)12-15-2-5-17(24)6-3-15/h2-7,10-11,18,28H,8-9,12-14H2,1H3/t18-/m0/s1. The largest absolute Gasteiger partial charge is 0.495 e. The molecule has 0 bridgehead atoms. The smallest absolute Gasteiger partial charge is 0.278 e. The van der Waals surface area contributed by atoms with Gasteiger partial charge in [-0.1, -0.05) is 23.7 Å². The molecule has 0 saturated carbocycles. The van der Waals surface area contributed by atoms with Crippen molar-refractivity contribution in [3.8, 4) is 5.75 Å². The predicted molar refractivity (Wildman–Crippen MR) is 118 cm³/mol. The molecule has 8 nitrogen and oxygen atoms in total. The van der Waals surface area contributed by atoms with Crippen LogP contribution in [0.2, 0.25) is 5.02 Å². The van der Waals surface area contributed by atoms with Gasteiger partial charge in [0.15, 0.2) is 0 Å². The number of aliphatic hydroxyl groups is 1. The van der Waals surface area contributed by atoms with Crippen LogP contribution in [0.25, 0.3) is 6.08 Å². The van der Waals surface area contributed by atoms with Gasteiger partial charge in [0.2, 0.25) is 5.91 Å². The maximum atomic E-state index is 13.1. The lowest BCUT2D eigenvalue weighted by molar-refractivity contribution is -0.385. The molecule has 32 heavy (non-hydrogen) atoms. The number of piperazine rings is 1. The van der Waals surface area contributed by atoms with Crippen LogP contribution in [0.3, 0.4) is 0 Å². The number of halogens is 2. The van der Waals surface area contributed by atoms with Gasteiger partial charge in [0.25, 0.3) is 5.69 Å². The van der Waals surface area contributed by atoms with E-state index in [0.29, 0.717) is 26.2 Å². The van der Waals surface area contributed by atoms with E-state index < -0.39 is 11.0 Å². The lowest BCUT2D eigenvalue weighted by Crippen LogP contribution is -2.55. The molecule has 1 aliphatic heterocycles. The third-order valence-corrected chi connectivity index (χ3v) is 5.58. The fraction of sp³-hybridized carbons (Fsp3) is 0.318. The van der Waals surface area contributed by atoms with E-state index in [1.807, 2.05) is 0 Å². The van der Waals surface area contributed by atoms with Crippen LogP contribution in [0.5, 0.6) is 5.75 Å². The zero-order valence-electron chi connectivity index (χ0n) is 17.4. The number of nitrogens with zero attached hydrogens (tertiary/aromatic N) is 3. The molecular weight excluding hydrogens is 441 g/mol. The number of carbonyl (C=O) groups excluding carboxylic acids is 1. The van der Waals surface area contributed by atoms with E-state index in [1.165, 1.54) is 48.4 Å². The number of hydrogen-bond donors (Lipinski definition) is 1. The number of nitro benzene ring substituents is 1. The number of ether oxygens (including phenoxy) is 1. The zero-order valence-corrected chi connectivity index (χ0v) is 18.2. The molecule has 2 aromatic rings. The second-order valence-corrected chi connectivity index (χ2v) is 7.77. The van der Waals surface area contributed by atoms with Crippen molar-refractivity contribution in [2.24, 2.45) is 0 Å². The molecule has 0 unspecified atom stereocenters. The van der Waals surface area contributed by atoms with Gasteiger partial charge in [-0.05, 0) is 29.8 Å². The zero-order chi connectivity index (χ0) is 23.3. The number of aliphatic hydroxyl groups excluding tert-OH is 1. The van der Waals surface area contributed by atoms with Gasteiger partial charge in [-0.25, -0.2) is 4.39 Å². The Balaban J connectivity index is 1.70. The first-order valence-corrected chi connectivity index (χ1v) is 10.3. The van der Waals surface area contributed by atoms with Crippen LogP contribution in [0.1, 0.15) is 11.1 Å². The molecule has 0 aliphatic carbocycles. The van der Waals surface area contributed by atoms with Crippen molar-refractivity contribution >= 4 is 29.3 Å². The van der Waals surface area contributed by atoms with Crippen molar-refractivity contribution in [1.82, 2.24) is 9.80 Å². The van der Waals surface area contributed by atoms with Crippen LogP contribution in [0.15, 0.2) is 42.5 Å². The third-order valence-electron chi connectivity index (χ3n) is 5.28. The van der Waals surface area contributed by atoms with E-state index in [0.717, 1.165) is 5.56 Å². The van der Waals surface area contributed by atoms with Crippen LogP contribution in [-0.2, 0) is 11.3 Å². The second-order valence-electron chi connectivity index (χ2n) is 7.37. The lowest BCUT2D eigenvalue weighted by Gasteiger charge is -2.40.